The fourth-order valence-corrected chi connectivity index (χ4v) is 2.16. The lowest BCUT2D eigenvalue weighted by Gasteiger charge is -2.36. The van der Waals surface area contributed by atoms with Crippen LogP contribution in [0.15, 0.2) is 24.3 Å². The van der Waals surface area contributed by atoms with Gasteiger partial charge in [-0.25, -0.2) is 0 Å². The van der Waals surface area contributed by atoms with E-state index in [9.17, 15) is 4.79 Å². The minimum Gasteiger partial charge on any atom is -0.489 e. The summed E-state index contributed by atoms with van der Waals surface area (Å²) in [4.78, 5) is 12.0. The molecular weight excluding hydrogens is 216 g/mol. The number of para-hydroxylation sites is 1. The molecule has 2 rings (SSSR count). The summed E-state index contributed by atoms with van der Waals surface area (Å²) >= 11 is 0. The number of aliphatic hydroxyl groups excluding tert-OH is 1. The summed E-state index contributed by atoms with van der Waals surface area (Å²) in [5, 5.41) is 9.05. The lowest BCUT2D eigenvalue weighted by molar-refractivity contribution is 0.0338. The highest BCUT2D eigenvalue weighted by Gasteiger charge is 2.36. The Balaban J connectivity index is 2.25. The van der Waals surface area contributed by atoms with Crippen molar-refractivity contribution in [2.75, 3.05) is 6.61 Å². The molecule has 1 aromatic carbocycles. The van der Waals surface area contributed by atoms with Gasteiger partial charge in [0.15, 0.2) is 5.78 Å². The average molecular weight is 234 g/mol. The van der Waals surface area contributed by atoms with Crippen LogP contribution in [0.4, 0.5) is 0 Å². The van der Waals surface area contributed by atoms with E-state index in [-0.39, 0.29) is 23.9 Å². The van der Waals surface area contributed by atoms with E-state index >= 15 is 0 Å². The topological polar surface area (TPSA) is 46.5 Å². The first-order valence-electron chi connectivity index (χ1n) is 5.94. The van der Waals surface area contributed by atoms with Crippen LogP contribution in [0.3, 0.4) is 0 Å². The van der Waals surface area contributed by atoms with E-state index in [0.717, 1.165) is 0 Å². The molecule has 3 nitrogen and oxygen atoms in total. The number of ketones is 1. The molecule has 0 unspecified atom stereocenters. The molecule has 1 aromatic rings. The van der Waals surface area contributed by atoms with Crippen LogP contribution in [-0.2, 0) is 0 Å². The molecule has 92 valence electrons. The Hall–Kier alpha value is -1.35. The smallest absolute Gasteiger partial charge is 0.170 e. The standard InChI is InChI=1S/C14H18O3/c1-14(2,7-8-15)13-9-11(16)10-5-3-4-6-12(10)17-13/h3-6,13,15H,7-9H2,1-2H3/t13-/m0/s1. The van der Waals surface area contributed by atoms with Gasteiger partial charge < -0.3 is 9.84 Å². The van der Waals surface area contributed by atoms with E-state index in [1.165, 1.54) is 0 Å². The summed E-state index contributed by atoms with van der Waals surface area (Å²) in [6.07, 6.45) is 0.869. The summed E-state index contributed by atoms with van der Waals surface area (Å²) in [6, 6.07) is 7.34. The fraction of sp³-hybridized carbons (Fsp3) is 0.500. The number of hydrogen-bond donors (Lipinski definition) is 1. The second kappa shape index (κ2) is 4.49. The number of benzene rings is 1. The molecule has 1 aliphatic rings. The van der Waals surface area contributed by atoms with E-state index in [1.54, 1.807) is 6.07 Å². The maximum Gasteiger partial charge on any atom is 0.170 e. The number of carbonyl (C=O) groups is 1. The molecule has 0 spiro atoms. The zero-order valence-electron chi connectivity index (χ0n) is 10.3. The molecule has 0 saturated heterocycles. The highest BCUT2D eigenvalue weighted by molar-refractivity contribution is 5.99. The Bertz CT molecular complexity index is 423. The Morgan fingerprint density at radius 1 is 1.41 bits per heavy atom. The first-order chi connectivity index (χ1) is 8.04. The van der Waals surface area contributed by atoms with Gasteiger partial charge in [-0.05, 0) is 18.6 Å². The van der Waals surface area contributed by atoms with E-state index < -0.39 is 0 Å². The minimum absolute atomic E-state index is 0.114. The molecule has 1 aliphatic heterocycles. The Morgan fingerprint density at radius 3 is 2.82 bits per heavy atom. The van der Waals surface area contributed by atoms with E-state index in [1.807, 2.05) is 32.0 Å². The van der Waals surface area contributed by atoms with E-state index in [4.69, 9.17) is 9.84 Å². The van der Waals surface area contributed by atoms with Crippen LogP contribution < -0.4 is 4.74 Å². The molecular formula is C14H18O3. The molecule has 1 atom stereocenters. The SMILES string of the molecule is CC(C)(CCO)[C@@H]1CC(=O)c2ccccc2O1. The third-order valence-electron chi connectivity index (χ3n) is 3.46. The monoisotopic (exact) mass is 234 g/mol. The van der Waals surface area contributed by atoms with Gasteiger partial charge in [0.1, 0.15) is 11.9 Å². The Morgan fingerprint density at radius 2 is 2.12 bits per heavy atom. The molecule has 0 bridgehead atoms. The number of ether oxygens (including phenoxy) is 1. The van der Waals surface area contributed by atoms with Crippen molar-refractivity contribution in [2.24, 2.45) is 5.41 Å². The van der Waals surface area contributed by atoms with Gasteiger partial charge in [-0.1, -0.05) is 26.0 Å². The second-order valence-corrected chi connectivity index (χ2v) is 5.19. The quantitative estimate of drug-likeness (QED) is 0.873. The van der Waals surface area contributed by atoms with Gasteiger partial charge in [0.2, 0.25) is 0 Å². The molecule has 17 heavy (non-hydrogen) atoms. The predicted octanol–water partition coefficient (Wildman–Crippen LogP) is 2.43. The van der Waals surface area contributed by atoms with Crippen LogP contribution in [-0.4, -0.2) is 23.6 Å². The van der Waals surface area contributed by atoms with E-state index in [2.05, 4.69) is 0 Å². The molecule has 1 heterocycles. The molecule has 1 N–H and O–H groups in total. The Kier molecular flexibility index (Phi) is 3.20. The predicted molar refractivity (Wildman–Crippen MR) is 65.3 cm³/mol. The van der Waals surface area contributed by atoms with Crippen molar-refractivity contribution in [1.29, 1.82) is 0 Å². The molecule has 0 radical (unpaired) electrons. The summed E-state index contributed by atoms with van der Waals surface area (Å²) in [5.74, 6) is 0.794. The number of carbonyl (C=O) groups excluding carboxylic acids is 1. The zero-order valence-corrected chi connectivity index (χ0v) is 10.3. The van der Waals surface area contributed by atoms with Crippen LogP contribution in [0.5, 0.6) is 5.75 Å². The average Bonchev–Trinajstić information content (AvgIpc) is 2.29. The van der Waals surface area contributed by atoms with Crippen molar-refractivity contribution >= 4 is 5.78 Å². The minimum atomic E-state index is -0.196. The van der Waals surface area contributed by atoms with Crippen LogP contribution >= 0.6 is 0 Å². The summed E-state index contributed by atoms with van der Waals surface area (Å²) < 4.78 is 5.89. The lowest BCUT2D eigenvalue weighted by atomic mass is 9.79. The largest absolute Gasteiger partial charge is 0.489 e. The first-order valence-corrected chi connectivity index (χ1v) is 5.94. The molecule has 0 aromatic heterocycles. The number of rotatable bonds is 3. The van der Waals surface area contributed by atoms with Crippen LogP contribution in [0.2, 0.25) is 0 Å². The van der Waals surface area contributed by atoms with Crippen LogP contribution in [0.25, 0.3) is 0 Å². The fourth-order valence-electron chi connectivity index (χ4n) is 2.16. The first kappa shape index (κ1) is 12.1. The van der Waals surface area contributed by atoms with Gasteiger partial charge >= 0.3 is 0 Å². The molecule has 3 heteroatoms. The van der Waals surface area contributed by atoms with Crippen molar-refractivity contribution in [2.45, 2.75) is 32.8 Å². The third-order valence-corrected chi connectivity index (χ3v) is 3.46. The van der Waals surface area contributed by atoms with Crippen LogP contribution in [0, 0.1) is 5.41 Å². The molecule has 0 fully saturated rings. The highest BCUT2D eigenvalue weighted by atomic mass is 16.5. The normalized spacial score (nSPS) is 19.7. The van der Waals surface area contributed by atoms with Gasteiger partial charge in [-0.2, -0.15) is 0 Å². The van der Waals surface area contributed by atoms with Crippen molar-refractivity contribution in [1.82, 2.24) is 0 Å². The van der Waals surface area contributed by atoms with Gasteiger partial charge in [-0.3, -0.25) is 4.79 Å². The van der Waals surface area contributed by atoms with Crippen molar-refractivity contribution in [3.05, 3.63) is 29.8 Å². The molecule has 0 amide bonds. The highest BCUT2D eigenvalue weighted by Crippen LogP contribution is 2.36. The summed E-state index contributed by atoms with van der Waals surface area (Å²) in [6.45, 7) is 4.16. The molecule has 0 saturated carbocycles. The van der Waals surface area contributed by atoms with Gasteiger partial charge in [0, 0.05) is 18.4 Å². The van der Waals surface area contributed by atoms with E-state index in [0.29, 0.717) is 24.2 Å². The van der Waals surface area contributed by atoms with Gasteiger partial charge in [-0.15, -0.1) is 0 Å². The number of aliphatic hydroxyl groups is 1. The number of hydrogen-bond acceptors (Lipinski definition) is 3. The summed E-state index contributed by atoms with van der Waals surface area (Å²) in [5.41, 5.74) is 0.473. The molecule has 0 aliphatic carbocycles. The lowest BCUT2D eigenvalue weighted by Crippen LogP contribution is -2.40. The number of fused-ring (bicyclic) bond motifs is 1. The Labute approximate surface area is 101 Å². The maximum atomic E-state index is 12.0. The van der Waals surface area contributed by atoms with Crippen molar-refractivity contribution in [3.63, 3.8) is 0 Å². The van der Waals surface area contributed by atoms with Crippen LogP contribution in [0.1, 0.15) is 37.0 Å². The second-order valence-electron chi connectivity index (χ2n) is 5.19. The third kappa shape index (κ3) is 2.34. The summed E-state index contributed by atoms with van der Waals surface area (Å²) in [7, 11) is 0. The van der Waals surface area contributed by atoms with Gasteiger partial charge in [0.05, 0.1) is 5.56 Å². The van der Waals surface area contributed by atoms with Gasteiger partial charge in [0.25, 0.3) is 0 Å². The maximum absolute atomic E-state index is 12.0. The van der Waals surface area contributed by atoms with Crippen molar-refractivity contribution < 1.29 is 14.6 Å². The van der Waals surface area contributed by atoms with Crippen molar-refractivity contribution in [3.8, 4) is 5.75 Å². The number of Topliss-reactive ketones (excluding diaryl/α,β-unsaturated/α-hetero) is 1. The zero-order chi connectivity index (χ0) is 12.5.